The van der Waals surface area contributed by atoms with Crippen molar-refractivity contribution >= 4 is 5.78 Å². The molecule has 0 aliphatic rings. The molecule has 20 heavy (non-hydrogen) atoms. The van der Waals surface area contributed by atoms with Crippen LogP contribution in [0, 0.1) is 0 Å². The van der Waals surface area contributed by atoms with E-state index in [0.29, 0.717) is 6.07 Å². The Labute approximate surface area is 112 Å². The standard InChI is InChI=1S/C13H10O7/c14-5-1-2-6(7(15)3-5)11(18)10-8(16)4-9(17)12(19)13(10)20/h1-4,14-17,19-20H. The third-order valence-electron chi connectivity index (χ3n) is 2.69. The van der Waals surface area contributed by atoms with Gasteiger partial charge in [0.15, 0.2) is 11.5 Å². The van der Waals surface area contributed by atoms with Gasteiger partial charge in [-0.2, -0.15) is 0 Å². The van der Waals surface area contributed by atoms with Gasteiger partial charge in [0.05, 0.1) is 5.56 Å². The number of phenols is 6. The topological polar surface area (TPSA) is 138 Å². The predicted octanol–water partition coefficient (Wildman–Crippen LogP) is 1.15. The number of carbonyl (C=O) groups excluding carboxylic acids is 1. The minimum Gasteiger partial charge on any atom is -0.508 e. The molecular formula is C13H10O7. The van der Waals surface area contributed by atoms with Gasteiger partial charge >= 0.3 is 0 Å². The van der Waals surface area contributed by atoms with Crippen LogP contribution in [0.25, 0.3) is 0 Å². The first-order valence-electron chi connectivity index (χ1n) is 5.36. The van der Waals surface area contributed by atoms with Crippen LogP contribution in [0.15, 0.2) is 24.3 Å². The van der Waals surface area contributed by atoms with E-state index in [4.69, 9.17) is 5.11 Å². The van der Waals surface area contributed by atoms with Crippen LogP contribution < -0.4 is 0 Å². The maximum atomic E-state index is 12.1. The molecule has 0 spiro atoms. The average molecular weight is 278 g/mol. The van der Waals surface area contributed by atoms with Gasteiger partial charge in [-0.25, -0.2) is 0 Å². The van der Waals surface area contributed by atoms with Crippen LogP contribution >= 0.6 is 0 Å². The Hall–Kier alpha value is -3.09. The number of hydrogen-bond acceptors (Lipinski definition) is 7. The Bertz CT molecular complexity index is 706. The molecule has 6 N–H and O–H groups in total. The Morgan fingerprint density at radius 2 is 1.40 bits per heavy atom. The fraction of sp³-hybridized carbons (Fsp3) is 0. The highest BCUT2D eigenvalue weighted by Crippen LogP contribution is 2.44. The largest absolute Gasteiger partial charge is 0.508 e. The number of phenolic OH excluding ortho intramolecular Hbond substituents is 6. The van der Waals surface area contributed by atoms with Gasteiger partial charge in [0.1, 0.15) is 22.8 Å². The highest BCUT2D eigenvalue weighted by atomic mass is 16.3. The smallest absolute Gasteiger partial charge is 0.204 e. The van der Waals surface area contributed by atoms with E-state index in [1.807, 2.05) is 0 Å². The molecule has 0 radical (unpaired) electrons. The summed E-state index contributed by atoms with van der Waals surface area (Å²) in [5.41, 5.74) is -0.986. The molecule has 104 valence electrons. The summed E-state index contributed by atoms with van der Waals surface area (Å²) in [7, 11) is 0. The van der Waals surface area contributed by atoms with Crippen LogP contribution in [0.1, 0.15) is 15.9 Å². The van der Waals surface area contributed by atoms with E-state index in [-0.39, 0.29) is 11.3 Å². The summed E-state index contributed by atoms with van der Waals surface area (Å²) in [5, 5.41) is 56.5. The second kappa shape index (κ2) is 4.54. The van der Waals surface area contributed by atoms with Crippen molar-refractivity contribution in [3.63, 3.8) is 0 Å². The first kappa shape index (κ1) is 13.3. The quantitative estimate of drug-likeness (QED) is 0.275. The summed E-state index contributed by atoms with van der Waals surface area (Å²) in [4.78, 5) is 12.1. The van der Waals surface area contributed by atoms with Crippen LogP contribution in [0.5, 0.6) is 34.5 Å². The van der Waals surface area contributed by atoms with Crippen molar-refractivity contribution in [3.05, 3.63) is 35.4 Å². The number of hydrogen-bond donors (Lipinski definition) is 6. The Kier molecular flexibility index (Phi) is 3.03. The molecule has 0 heterocycles. The minimum atomic E-state index is -1.01. The maximum absolute atomic E-state index is 12.1. The molecule has 2 aromatic rings. The van der Waals surface area contributed by atoms with Gasteiger partial charge in [-0.15, -0.1) is 0 Å². The Morgan fingerprint density at radius 1 is 0.750 bits per heavy atom. The van der Waals surface area contributed by atoms with E-state index in [9.17, 15) is 30.3 Å². The molecule has 0 aliphatic carbocycles. The van der Waals surface area contributed by atoms with Crippen molar-refractivity contribution in [3.8, 4) is 34.5 Å². The lowest BCUT2D eigenvalue weighted by atomic mass is 9.99. The summed E-state index contributed by atoms with van der Waals surface area (Å²) in [6, 6.07) is 3.79. The molecule has 2 rings (SSSR count). The van der Waals surface area contributed by atoms with Crippen molar-refractivity contribution in [1.82, 2.24) is 0 Å². The van der Waals surface area contributed by atoms with Crippen molar-refractivity contribution in [2.75, 3.05) is 0 Å². The van der Waals surface area contributed by atoms with Gasteiger partial charge in [0, 0.05) is 12.1 Å². The van der Waals surface area contributed by atoms with Crippen LogP contribution in [0.3, 0.4) is 0 Å². The summed E-state index contributed by atoms with van der Waals surface area (Å²) >= 11 is 0. The zero-order chi connectivity index (χ0) is 15.0. The van der Waals surface area contributed by atoms with Gasteiger partial charge in [0.25, 0.3) is 0 Å². The maximum Gasteiger partial charge on any atom is 0.204 e. The second-order valence-electron chi connectivity index (χ2n) is 4.02. The number of ketones is 1. The van der Waals surface area contributed by atoms with Crippen molar-refractivity contribution in [1.29, 1.82) is 0 Å². The average Bonchev–Trinajstić information content (AvgIpc) is 2.36. The van der Waals surface area contributed by atoms with Gasteiger partial charge in [-0.05, 0) is 12.1 Å². The number of carbonyl (C=O) groups is 1. The molecule has 0 amide bonds. The van der Waals surface area contributed by atoms with Crippen LogP contribution in [-0.2, 0) is 0 Å². The molecule has 7 heteroatoms. The predicted molar refractivity (Wildman–Crippen MR) is 66.3 cm³/mol. The van der Waals surface area contributed by atoms with E-state index in [1.165, 1.54) is 0 Å². The molecule has 0 saturated heterocycles. The monoisotopic (exact) mass is 278 g/mol. The van der Waals surface area contributed by atoms with E-state index in [0.717, 1.165) is 18.2 Å². The van der Waals surface area contributed by atoms with Gasteiger partial charge in [-0.1, -0.05) is 0 Å². The van der Waals surface area contributed by atoms with Crippen molar-refractivity contribution in [2.24, 2.45) is 0 Å². The van der Waals surface area contributed by atoms with Gasteiger partial charge < -0.3 is 30.6 Å². The summed E-state index contributed by atoms with van der Waals surface area (Å²) in [5.74, 6) is -5.39. The summed E-state index contributed by atoms with van der Waals surface area (Å²) in [6.07, 6.45) is 0. The molecule has 0 fully saturated rings. The molecular weight excluding hydrogens is 268 g/mol. The number of rotatable bonds is 2. The zero-order valence-corrected chi connectivity index (χ0v) is 9.90. The normalized spacial score (nSPS) is 10.4. The lowest BCUT2D eigenvalue weighted by Gasteiger charge is -2.10. The third kappa shape index (κ3) is 2.01. The lowest BCUT2D eigenvalue weighted by molar-refractivity contribution is 0.103. The van der Waals surface area contributed by atoms with Crippen molar-refractivity contribution < 1.29 is 35.4 Å². The molecule has 0 atom stereocenters. The van der Waals surface area contributed by atoms with E-state index in [1.54, 1.807) is 0 Å². The SMILES string of the molecule is O=C(c1ccc(O)cc1O)c1c(O)cc(O)c(O)c1O. The highest BCUT2D eigenvalue weighted by Gasteiger charge is 2.25. The first-order valence-corrected chi connectivity index (χ1v) is 5.36. The molecule has 0 bridgehead atoms. The van der Waals surface area contributed by atoms with E-state index < -0.39 is 40.1 Å². The van der Waals surface area contributed by atoms with Crippen LogP contribution in [-0.4, -0.2) is 36.4 Å². The lowest BCUT2D eigenvalue weighted by Crippen LogP contribution is -2.03. The van der Waals surface area contributed by atoms with Gasteiger partial charge in [-0.3, -0.25) is 4.79 Å². The van der Waals surface area contributed by atoms with Gasteiger partial charge in [0.2, 0.25) is 11.5 Å². The van der Waals surface area contributed by atoms with Crippen molar-refractivity contribution in [2.45, 2.75) is 0 Å². The molecule has 0 aromatic heterocycles. The molecule has 2 aromatic carbocycles. The van der Waals surface area contributed by atoms with E-state index >= 15 is 0 Å². The fourth-order valence-electron chi connectivity index (χ4n) is 1.70. The third-order valence-corrected chi connectivity index (χ3v) is 2.69. The van der Waals surface area contributed by atoms with E-state index in [2.05, 4.69) is 0 Å². The van der Waals surface area contributed by atoms with Crippen LogP contribution in [0.4, 0.5) is 0 Å². The number of benzene rings is 2. The zero-order valence-electron chi connectivity index (χ0n) is 9.90. The first-order chi connectivity index (χ1) is 9.32. The summed E-state index contributed by atoms with van der Waals surface area (Å²) < 4.78 is 0. The molecule has 0 saturated carbocycles. The summed E-state index contributed by atoms with van der Waals surface area (Å²) in [6.45, 7) is 0. The Morgan fingerprint density at radius 3 is 2.00 bits per heavy atom. The minimum absolute atomic E-state index is 0.277. The molecule has 0 aliphatic heterocycles. The second-order valence-corrected chi connectivity index (χ2v) is 4.02. The molecule has 0 unspecified atom stereocenters. The fourth-order valence-corrected chi connectivity index (χ4v) is 1.70. The number of aromatic hydroxyl groups is 6. The van der Waals surface area contributed by atoms with Crippen LogP contribution in [0.2, 0.25) is 0 Å². The Balaban J connectivity index is 2.63. The molecule has 7 nitrogen and oxygen atoms in total. The highest BCUT2D eigenvalue weighted by molar-refractivity contribution is 6.14.